The Kier molecular flexibility index (Phi) is 5.93. The lowest BCUT2D eigenvalue weighted by Gasteiger charge is -2.20. The molecule has 0 fully saturated rings. The fourth-order valence-electron chi connectivity index (χ4n) is 4.17. The van der Waals surface area contributed by atoms with E-state index in [4.69, 9.17) is 11.1 Å². The molecule has 1 aromatic carbocycles. The molecule has 1 aliphatic rings. The summed E-state index contributed by atoms with van der Waals surface area (Å²) in [5, 5.41) is 12.7. The molecule has 0 saturated carbocycles. The number of nitrogens with one attached hydrogen (secondary N) is 3. The number of H-pyrrole nitrogens is 1. The first-order chi connectivity index (χ1) is 17.0. The van der Waals surface area contributed by atoms with Crippen LogP contribution >= 0.6 is 0 Å². The summed E-state index contributed by atoms with van der Waals surface area (Å²) in [6.45, 7) is 2.27. The van der Waals surface area contributed by atoms with Gasteiger partial charge in [-0.3, -0.25) is 20.2 Å². The number of nitrogens with zero attached hydrogens (tertiary/aromatic N) is 3. The van der Waals surface area contributed by atoms with Crippen molar-refractivity contribution in [2.75, 3.05) is 11.9 Å². The van der Waals surface area contributed by atoms with Gasteiger partial charge in [-0.25, -0.2) is 4.98 Å². The molecular formula is C27H25N7O. The van der Waals surface area contributed by atoms with E-state index in [0.717, 1.165) is 27.6 Å². The zero-order valence-corrected chi connectivity index (χ0v) is 19.2. The highest BCUT2D eigenvalue weighted by molar-refractivity contribution is 6.28. The van der Waals surface area contributed by atoms with Gasteiger partial charge in [0, 0.05) is 53.0 Å². The lowest BCUT2D eigenvalue weighted by Crippen LogP contribution is -2.27. The van der Waals surface area contributed by atoms with Gasteiger partial charge in [-0.05, 0) is 35.4 Å². The average Bonchev–Trinajstić information content (AvgIpc) is 3.34. The van der Waals surface area contributed by atoms with Gasteiger partial charge < -0.3 is 16.0 Å². The molecule has 1 atom stereocenters. The molecule has 4 aromatic rings. The predicted octanol–water partition coefficient (Wildman–Crippen LogP) is 4.42. The van der Waals surface area contributed by atoms with Gasteiger partial charge in [-0.2, -0.15) is 0 Å². The maximum Gasteiger partial charge on any atom is 0.225 e. The highest BCUT2D eigenvalue weighted by atomic mass is 16.1. The Morgan fingerprint density at radius 3 is 2.83 bits per heavy atom. The Morgan fingerprint density at radius 2 is 2.09 bits per heavy atom. The number of amidine groups is 1. The smallest absolute Gasteiger partial charge is 0.225 e. The molecule has 0 bridgehead atoms. The number of hydrogen-bond acceptors (Lipinski definition) is 6. The molecule has 0 radical (unpaired) electrons. The van der Waals surface area contributed by atoms with E-state index in [2.05, 4.69) is 25.3 Å². The zero-order valence-electron chi connectivity index (χ0n) is 19.2. The highest BCUT2D eigenvalue weighted by Crippen LogP contribution is 2.30. The molecule has 1 amide bonds. The summed E-state index contributed by atoms with van der Waals surface area (Å²) in [6.07, 6.45) is 7.68. The molecule has 0 aliphatic carbocycles. The largest absolute Gasteiger partial charge is 0.383 e. The number of amides is 1. The molecule has 8 heteroatoms. The van der Waals surface area contributed by atoms with Gasteiger partial charge in [0.25, 0.3) is 0 Å². The number of nitrogens with two attached hydrogens (primary N) is 1. The third-order valence-corrected chi connectivity index (χ3v) is 6.08. The summed E-state index contributed by atoms with van der Waals surface area (Å²) in [6, 6.07) is 15.6. The second-order valence-electron chi connectivity index (χ2n) is 8.36. The number of pyridine rings is 2. The van der Waals surface area contributed by atoms with Gasteiger partial charge in [0.1, 0.15) is 11.7 Å². The highest BCUT2D eigenvalue weighted by Gasteiger charge is 2.22. The number of benzene rings is 1. The predicted molar refractivity (Wildman–Crippen MR) is 139 cm³/mol. The van der Waals surface area contributed by atoms with E-state index in [9.17, 15) is 4.79 Å². The van der Waals surface area contributed by atoms with Crippen molar-refractivity contribution in [3.05, 3.63) is 90.0 Å². The maximum absolute atomic E-state index is 11.6. The Morgan fingerprint density at radius 1 is 1.20 bits per heavy atom. The van der Waals surface area contributed by atoms with Gasteiger partial charge in [-0.1, -0.05) is 37.3 Å². The molecule has 5 N–H and O–H groups in total. The van der Waals surface area contributed by atoms with E-state index >= 15 is 0 Å². The third-order valence-electron chi connectivity index (χ3n) is 6.08. The summed E-state index contributed by atoms with van der Waals surface area (Å²) in [4.78, 5) is 28.0. The number of dihydropyridines is 1. The lowest BCUT2D eigenvalue weighted by atomic mass is 9.92. The van der Waals surface area contributed by atoms with Crippen LogP contribution in [0.25, 0.3) is 22.0 Å². The number of aliphatic imine (C=N–C) groups is 1. The number of fused-ring (bicyclic) bond motifs is 1. The average molecular weight is 464 g/mol. The normalized spacial score (nSPS) is 15.4. The van der Waals surface area contributed by atoms with Crippen molar-refractivity contribution in [3.8, 4) is 11.1 Å². The second-order valence-corrected chi connectivity index (χ2v) is 8.36. The van der Waals surface area contributed by atoms with Crippen LogP contribution in [0.1, 0.15) is 30.5 Å². The first-order valence-corrected chi connectivity index (χ1v) is 11.4. The molecule has 174 valence electrons. The second kappa shape index (κ2) is 9.34. The van der Waals surface area contributed by atoms with Crippen LogP contribution in [0.4, 0.5) is 5.82 Å². The van der Waals surface area contributed by atoms with Crippen LogP contribution in [-0.4, -0.2) is 39.0 Å². The Hall–Kier alpha value is -4.59. The van der Waals surface area contributed by atoms with Crippen molar-refractivity contribution in [2.24, 2.45) is 10.7 Å². The molecule has 1 aliphatic heterocycles. The van der Waals surface area contributed by atoms with E-state index < -0.39 is 0 Å². The van der Waals surface area contributed by atoms with Crippen molar-refractivity contribution in [2.45, 2.75) is 19.3 Å². The Bertz CT molecular complexity index is 1470. The van der Waals surface area contributed by atoms with Crippen molar-refractivity contribution in [1.82, 2.24) is 15.0 Å². The third kappa shape index (κ3) is 4.46. The van der Waals surface area contributed by atoms with Crippen LogP contribution in [0.3, 0.4) is 0 Å². The lowest BCUT2D eigenvalue weighted by molar-refractivity contribution is -0.115. The molecular weight excluding hydrogens is 438 g/mol. The van der Waals surface area contributed by atoms with Crippen LogP contribution in [-0.2, 0) is 4.79 Å². The topological polar surface area (TPSA) is 133 Å². The van der Waals surface area contributed by atoms with Gasteiger partial charge in [-0.15, -0.1) is 0 Å². The van der Waals surface area contributed by atoms with E-state index in [-0.39, 0.29) is 17.5 Å². The first-order valence-electron chi connectivity index (χ1n) is 11.4. The molecule has 1 unspecified atom stereocenters. The molecule has 0 spiro atoms. The standard InChI is InChI=1S/C27H25N7O/c1-2-25(35)34-24-9-8-16(14-31-24)18-11-21(27(29)32-15-18)26(28)23-12-20-19(6-3-7-22(20)33-23)17-5-4-10-30-13-17/h3-14,18,28,33H,2,15H2,1H3,(H2,29,32)(H,31,34,35). The van der Waals surface area contributed by atoms with E-state index in [0.29, 0.717) is 35.9 Å². The van der Waals surface area contributed by atoms with Crippen molar-refractivity contribution < 1.29 is 4.79 Å². The molecule has 3 aromatic heterocycles. The number of carbonyl (C=O) groups is 1. The maximum atomic E-state index is 11.6. The molecule has 4 heterocycles. The number of rotatable bonds is 6. The summed E-state index contributed by atoms with van der Waals surface area (Å²) >= 11 is 0. The number of hydrogen-bond donors (Lipinski definition) is 4. The number of aromatic amines is 1. The Balaban J connectivity index is 1.44. The summed E-state index contributed by atoms with van der Waals surface area (Å²) in [7, 11) is 0. The van der Waals surface area contributed by atoms with Crippen LogP contribution in [0.2, 0.25) is 0 Å². The molecule has 0 saturated heterocycles. The van der Waals surface area contributed by atoms with E-state index in [1.807, 2.05) is 54.7 Å². The van der Waals surface area contributed by atoms with Gasteiger partial charge >= 0.3 is 0 Å². The van der Waals surface area contributed by atoms with Gasteiger partial charge in [0.2, 0.25) is 5.91 Å². The van der Waals surface area contributed by atoms with Crippen LogP contribution in [0, 0.1) is 5.41 Å². The molecule has 8 nitrogen and oxygen atoms in total. The van der Waals surface area contributed by atoms with Crippen LogP contribution in [0.15, 0.2) is 83.8 Å². The minimum Gasteiger partial charge on any atom is -0.383 e. The van der Waals surface area contributed by atoms with Crippen molar-refractivity contribution in [1.29, 1.82) is 5.41 Å². The van der Waals surface area contributed by atoms with E-state index in [1.54, 1.807) is 25.4 Å². The van der Waals surface area contributed by atoms with Gasteiger partial charge in [0.15, 0.2) is 0 Å². The van der Waals surface area contributed by atoms with Crippen molar-refractivity contribution >= 4 is 34.2 Å². The van der Waals surface area contributed by atoms with E-state index in [1.165, 1.54) is 0 Å². The SMILES string of the molecule is CCC(=O)Nc1ccc(C2C=C(C(=N)c3cc4c(-c5cccnc5)cccc4[nH]3)C(N)=NC2)cn1. The number of anilines is 1. The van der Waals surface area contributed by atoms with Crippen LogP contribution < -0.4 is 11.1 Å². The fraction of sp³-hybridized carbons (Fsp3) is 0.148. The first kappa shape index (κ1) is 22.2. The Labute approximate surface area is 202 Å². The quantitative estimate of drug-likeness (QED) is 0.315. The monoisotopic (exact) mass is 463 g/mol. The number of carbonyl (C=O) groups excluding carboxylic acids is 1. The minimum atomic E-state index is -0.0825. The summed E-state index contributed by atoms with van der Waals surface area (Å²) in [5.74, 6) is 0.702. The fourth-order valence-corrected chi connectivity index (χ4v) is 4.17. The molecule has 5 rings (SSSR count). The zero-order chi connectivity index (χ0) is 24.4. The molecule has 35 heavy (non-hydrogen) atoms. The van der Waals surface area contributed by atoms with Gasteiger partial charge in [0.05, 0.1) is 18.0 Å². The van der Waals surface area contributed by atoms with Crippen LogP contribution in [0.5, 0.6) is 0 Å². The van der Waals surface area contributed by atoms with Crippen molar-refractivity contribution in [3.63, 3.8) is 0 Å². The minimum absolute atomic E-state index is 0.0728. The summed E-state index contributed by atoms with van der Waals surface area (Å²) in [5.41, 5.74) is 11.7. The number of aromatic nitrogens is 3. The summed E-state index contributed by atoms with van der Waals surface area (Å²) < 4.78 is 0.